The van der Waals surface area contributed by atoms with Crippen molar-refractivity contribution in [2.24, 2.45) is 0 Å². The minimum Gasteiger partial charge on any atom is -0.477 e. The number of H-pyrrole nitrogens is 1. The van der Waals surface area contributed by atoms with Crippen LogP contribution in [0.4, 0.5) is 4.39 Å². The highest BCUT2D eigenvalue weighted by atomic mass is 19.1. The minimum atomic E-state index is -1.17. The number of rotatable bonds is 2. The van der Waals surface area contributed by atoms with Crippen LogP contribution in [-0.4, -0.2) is 16.1 Å². The van der Waals surface area contributed by atoms with Gasteiger partial charge in [-0.3, -0.25) is 0 Å². The molecule has 0 aliphatic carbocycles. The number of hydrogen-bond acceptors (Lipinski definition) is 1. The van der Waals surface area contributed by atoms with Crippen molar-refractivity contribution in [1.82, 2.24) is 4.98 Å². The topological polar surface area (TPSA) is 53.1 Å². The van der Waals surface area contributed by atoms with Crippen LogP contribution in [0.2, 0.25) is 0 Å². The SMILES string of the molecule is O=C(O)c1[nH]cc(F)c1-c1ccccc1. The monoisotopic (exact) mass is 205 g/mol. The van der Waals surface area contributed by atoms with Gasteiger partial charge < -0.3 is 10.1 Å². The van der Waals surface area contributed by atoms with Gasteiger partial charge in [-0.15, -0.1) is 0 Å². The molecule has 0 unspecified atom stereocenters. The molecule has 0 radical (unpaired) electrons. The molecule has 2 N–H and O–H groups in total. The van der Waals surface area contributed by atoms with Crippen molar-refractivity contribution in [3.05, 3.63) is 48.0 Å². The van der Waals surface area contributed by atoms with Crippen LogP contribution in [0.25, 0.3) is 11.1 Å². The molecule has 4 heteroatoms. The Morgan fingerprint density at radius 2 is 1.93 bits per heavy atom. The first-order chi connectivity index (χ1) is 7.20. The van der Waals surface area contributed by atoms with Crippen molar-refractivity contribution < 1.29 is 14.3 Å². The molecule has 1 heterocycles. The Bertz CT molecular complexity index is 491. The molecular formula is C11H8FNO2. The summed E-state index contributed by atoms with van der Waals surface area (Å²) in [5.41, 5.74) is 0.524. The molecule has 0 aliphatic heterocycles. The second-order valence-electron chi connectivity index (χ2n) is 3.06. The van der Waals surface area contributed by atoms with Gasteiger partial charge in [-0.1, -0.05) is 30.3 Å². The molecule has 0 spiro atoms. The predicted octanol–water partition coefficient (Wildman–Crippen LogP) is 2.52. The fourth-order valence-electron chi connectivity index (χ4n) is 1.45. The quantitative estimate of drug-likeness (QED) is 0.791. The van der Waals surface area contributed by atoms with Crippen molar-refractivity contribution in [3.8, 4) is 11.1 Å². The van der Waals surface area contributed by atoms with Crippen molar-refractivity contribution in [3.63, 3.8) is 0 Å². The Hall–Kier alpha value is -2.10. The maximum absolute atomic E-state index is 13.4. The summed E-state index contributed by atoms with van der Waals surface area (Å²) in [6, 6.07) is 8.58. The third kappa shape index (κ3) is 1.61. The third-order valence-corrected chi connectivity index (χ3v) is 2.11. The Labute approximate surface area is 85.2 Å². The van der Waals surface area contributed by atoms with Crippen molar-refractivity contribution in [1.29, 1.82) is 0 Å². The number of aromatic amines is 1. The normalized spacial score (nSPS) is 10.2. The Morgan fingerprint density at radius 3 is 2.53 bits per heavy atom. The van der Waals surface area contributed by atoms with E-state index in [0.29, 0.717) is 5.56 Å². The van der Waals surface area contributed by atoms with Crippen LogP contribution >= 0.6 is 0 Å². The summed E-state index contributed by atoms with van der Waals surface area (Å²) < 4.78 is 13.4. The fraction of sp³-hybridized carbons (Fsp3) is 0. The molecule has 0 aliphatic rings. The van der Waals surface area contributed by atoms with E-state index >= 15 is 0 Å². The molecule has 2 rings (SSSR count). The van der Waals surface area contributed by atoms with E-state index in [0.717, 1.165) is 6.20 Å². The predicted molar refractivity (Wildman–Crippen MR) is 53.1 cm³/mol. The van der Waals surface area contributed by atoms with E-state index in [1.54, 1.807) is 30.3 Å². The van der Waals surface area contributed by atoms with Gasteiger partial charge >= 0.3 is 5.97 Å². The zero-order valence-corrected chi connectivity index (χ0v) is 7.70. The van der Waals surface area contributed by atoms with E-state index in [2.05, 4.69) is 4.98 Å². The van der Waals surface area contributed by atoms with Crippen LogP contribution in [0, 0.1) is 5.82 Å². The molecule has 0 atom stereocenters. The van der Waals surface area contributed by atoms with Gasteiger partial charge in [0.2, 0.25) is 0 Å². The summed E-state index contributed by atoms with van der Waals surface area (Å²) in [7, 11) is 0. The Balaban J connectivity index is 2.62. The molecule has 0 bridgehead atoms. The first kappa shape index (κ1) is 9.45. The minimum absolute atomic E-state index is 0.100. The van der Waals surface area contributed by atoms with Gasteiger partial charge in [0.25, 0.3) is 0 Å². The standard InChI is InChI=1S/C11H8FNO2/c12-8-6-13-10(11(14)15)9(8)7-4-2-1-3-5-7/h1-6,13H,(H,14,15). The average molecular weight is 205 g/mol. The lowest BCUT2D eigenvalue weighted by Gasteiger charge is -2.00. The van der Waals surface area contributed by atoms with E-state index in [1.165, 1.54) is 0 Å². The molecule has 1 aromatic heterocycles. The number of benzene rings is 1. The van der Waals surface area contributed by atoms with Crippen LogP contribution in [0.5, 0.6) is 0 Å². The summed E-state index contributed by atoms with van der Waals surface area (Å²) in [4.78, 5) is 13.2. The molecule has 0 saturated heterocycles. The van der Waals surface area contributed by atoms with Gasteiger partial charge in [-0.2, -0.15) is 0 Å². The third-order valence-electron chi connectivity index (χ3n) is 2.11. The highest BCUT2D eigenvalue weighted by Crippen LogP contribution is 2.26. The number of carbonyl (C=O) groups is 1. The van der Waals surface area contributed by atoms with Gasteiger partial charge in [-0.25, -0.2) is 9.18 Å². The van der Waals surface area contributed by atoms with Gasteiger partial charge in [0, 0.05) is 11.8 Å². The van der Waals surface area contributed by atoms with Gasteiger partial charge in [0.1, 0.15) is 11.5 Å². The van der Waals surface area contributed by atoms with Gasteiger partial charge in [-0.05, 0) is 5.56 Å². The van der Waals surface area contributed by atoms with Crippen LogP contribution in [-0.2, 0) is 0 Å². The van der Waals surface area contributed by atoms with Crippen molar-refractivity contribution in [2.45, 2.75) is 0 Å². The average Bonchev–Trinajstić information content (AvgIpc) is 2.61. The molecule has 0 amide bonds. The molecule has 15 heavy (non-hydrogen) atoms. The first-order valence-electron chi connectivity index (χ1n) is 4.35. The number of aromatic carboxylic acids is 1. The first-order valence-corrected chi connectivity index (χ1v) is 4.35. The highest BCUT2D eigenvalue weighted by molar-refractivity contribution is 5.94. The smallest absolute Gasteiger partial charge is 0.353 e. The Kier molecular flexibility index (Phi) is 2.25. The van der Waals surface area contributed by atoms with Gasteiger partial charge in [0.05, 0.1) is 0 Å². The number of aromatic nitrogens is 1. The van der Waals surface area contributed by atoms with E-state index in [4.69, 9.17) is 5.11 Å². The van der Waals surface area contributed by atoms with E-state index < -0.39 is 11.8 Å². The largest absolute Gasteiger partial charge is 0.477 e. The fourth-order valence-corrected chi connectivity index (χ4v) is 1.45. The molecule has 1 aromatic carbocycles. The maximum atomic E-state index is 13.4. The zero-order valence-electron chi connectivity index (χ0n) is 7.70. The van der Waals surface area contributed by atoms with Crippen LogP contribution < -0.4 is 0 Å². The number of carboxylic acid groups (broad SMARTS) is 1. The summed E-state index contributed by atoms with van der Waals surface area (Å²) in [6.07, 6.45) is 1.05. The second kappa shape index (κ2) is 3.57. The van der Waals surface area contributed by atoms with Gasteiger partial charge in [0.15, 0.2) is 0 Å². The van der Waals surface area contributed by atoms with E-state index in [1.807, 2.05) is 0 Å². The number of nitrogens with one attached hydrogen (secondary N) is 1. The van der Waals surface area contributed by atoms with Crippen LogP contribution in [0.3, 0.4) is 0 Å². The summed E-state index contributed by atoms with van der Waals surface area (Å²) in [6.45, 7) is 0. The van der Waals surface area contributed by atoms with E-state index in [9.17, 15) is 9.18 Å². The zero-order chi connectivity index (χ0) is 10.8. The maximum Gasteiger partial charge on any atom is 0.353 e. The summed E-state index contributed by atoms with van der Waals surface area (Å²) in [5, 5.41) is 8.84. The molecule has 3 nitrogen and oxygen atoms in total. The second-order valence-corrected chi connectivity index (χ2v) is 3.06. The summed E-state index contributed by atoms with van der Waals surface area (Å²) >= 11 is 0. The lowest BCUT2D eigenvalue weighted by atomic mass is 10.1. The molecule has 0 saturated carbocycles. The molecule has 0 fully saturated rings. The van der Waals surface area contributed by atoms with Crippen molar-refractivity contribution >= 4 is 5.97 Å². The number of carboxylic acids is 1. The number of hydrogen-bond donors (Lipinski definition) is 2. The van der Waals surface area contributed by atoms with E-state index in [-0.39, 0.29) is 11.3 Å². The molecular weight excluding hydrogens is 197 g/mol. The number of halogens is 1. The van der Waals surface area contributed by atoms with Crippen molar-refractivity contribution in [2.75, 3.05) is 0 Å². The molecule has 76 valence electrons. The molecule has 2 aromatic rings. The summed E-state index contributed by atoms with van der Waals surface area (Å²) in [5.74, 6) is -1.73. The highest BCUT2D eigenvalue weighted by Gasteiger charge is 2.17. The van der Waals surface area contributed by atoms with Crippen LogP contribution in [0.1, 0.15) is 10.5 Å². The Morgan fingerprint density at radius 1 is 1.27 bits per heavy atom. The lowest BCUT2D eigenvalue weighted by molar-refractivity contribution is 0.0692. The van der Waals surface area contributed by atoms with Crippen LogP contribution in [0.15, 0.2) is 36.5 Å². The lowest BCUT2D eigenvalue weighted by Crippen LogP contribution is -1.99.